The van der Waals surface area contributed by atoms with Crippen LogP contribution in [0, 0.1) is 0 Å². The van der Waals surface area contributed by atoms with Gasteiger partial charge in [0.15, 0.2) is 0 Å². The Labute approximate surface area is 109 Å². The molecule has 0 saturated carbocycles. The van der Waals surface area contributed by atoms with E-state index in [0.29, 0.717) is 11.6 Å². The molecular weight excluding hydrogens is 228 g/mol. The van der Waals surface area contributed by atoms with E-state index in [9.17, 15) is 4.79 Å². The number of carbonyl (C=O) groups excluding carboxylic acids is 1. The summed E-state index contributed by atoms with van der Waals surface area (Å²) in [5.41, 5.74) is 1.47. The van der Waals surface area contributed by atoms with Crippen molar-refractivity contribution in [2.75, 3.05) is 13.7 Å². The van der Waals surface area contributed by atoms with Gasteiger partial charge in [-0.15, -0.1) is 0 Å². The van der Waals surface area contributed by atoms with E-state index < -0.39 is 0 Å². The third-order valence-electron chi connectivity index (χ3n) is 3.23. The summed E-state index contributed by atoms with van der Waals surface area (Å²) in [6, 6.07) is 4.19. The summed E-state index contributed by atoms with van der Waals surface area (Å²) in [4.78, 5) is 18.0. The Morgan fingerprint density at radius 2 is 2.17 bits per heavy atom. The van der Waals surface area contributed by atoms with Gasteiger partial charge in [-0.25, -0.2) is 4.79 Å². The predicted octanol–water partition coefficient (Wildman–Crippen LogP) is 2.49. The number of aromatic nitrogens is 1. The SMILES string of the molecule is CCC(C)N(CC)Cc1ccc(C(=O)OC)cn1. The number of pyridine rings is 1. The molecule has 0 saturated heterocycles. The molecule has 18 heavy (non-hydrogen) atoms. The molecule has 1 aromatic heterocycles. The topological polar surface area (TPSA) is 42.4 Å². The summed E-state index contributed by atoms with van der Waals surface area (Å²) in [6.07, 6.45) is 2.69. The lowest BCUT2D eigenvalue weighted by molar-refractivity contribution is 0.0600. The fourth-order valence-corrected chi connectivity index (χ4v) is 1.80. The highest BCUT2D eigenvalue weighted by atomic mass is 16.5. The molecule has 0 aliphatic carbocycles. The second-order valence-corrected chi connectivity index (χ2v) is 4.35. The Balaban J connectivity index is 2.70. The van der Waals surface area contributed by atoms with Gasteiger partial charge < -0.3 is 4.74 Å². The van der Waals surface area contributed by atoms with Gasteiger partial charge in [0, 0.05) is 18.8 Å². The Kier molecular flexibility index (Phi) is 5.78. The maximum atomic E-state index is 11.3. The second-order valence-electron chi connectivity index (χ2n) is 4.35. The summed E-state index contributed by atoms with van der Waals surface area (Å²) >= 11 is 0. The van der Waals surface area contributed by atoms with E-state index in [2.05, 4.69) is 35.4 Å². The molecule has 4 heteroatoms. The van der Waals surface area contributed by atoms with Crippen LogP contribution in [0.3, 0.4) is 0 Å². The van der Waals surface area contributed by atoms with Crippen LogP contribution < -0.4 is 0 Å². The number of methoxy groups -OCH3 is 1. The van der Waals surface area contributed by atoms with Crippen LogP contribution in [-0.4, -0.2) is 35.5 Å². The molecule has 1 unspecified atom stereocenters. The molecule has 0 amide bonds. The molecule has 0 bridgehead atoms. The van der Waals surface area contributed by atoms with Crippen LogP contribution in [0.2, 0.25) is 0 Å². The summed E-state index contributed by atoms with van der Waals surface area (Å²) in [5, 5.41) is 0. The number of rotatable bonds is 6. The van der Waals surface area contributed by atoms with Crippen molar-refractivity contribution in [3.8, 4) is 0 Å². The summed E-state index contributed by atoms with van der Waals surface area (Å²) in [7, 11) is 1.37. The lowest BCUT2D eigenvalue weighted by atomic mass is 10.2. The molecule has 1 rings (SSSR count). The Hall–Kier alpha value is -1.42. The van der Waals surface area contributed by atoms with Gasteiger partial charge in [-0.05, 0) is 32.0 Å². The lowest BCUT2D eigenvalue weighted by Crippen LogP contribution is -2.32. The lowest BCUT2D eigenvalue weighted by Gasteiger charge is -2.26. The maximum absolute atomic E-state index is 11.3. The van der Waals surface area contributed by atoms with Crippen molar-refractivity contribution < 1.29 is 9.53 Å². The van der Waals surface area contributed by atoms with Gasteiger partial charge in [-0.3, -0.25) is 9.88 Å². The number of carbonyl (C=O) groups is 1. The molecule has 1 atom stereocenters. The van der Waals surface area contributed by atoms with Gasteiger partial charge in [0.05, 0.1) is 18.4 Å². The average Bonchev–Trinajstić information content (AvgIpc) is 2.43. The number of hydrogen-bond acceptors (Lipinski definition) is 4. The highest BCUT2D eigenvalue weighted by molar-refractivity contribution is 5.88. The molecule has 1 aromatic rings. The van der Waals surface area contributed by atoms with Crippen molar-refractivity contribution in [1.82, 2.24) is 9.88 Å². The molecule has 0 aliphatic rings. The van der Waals surface area contributed by atoms with Crippen molar-refractivity contribution in [2.45, 2.75) is 39.8 Å². The quantitative estimate of drug-likeness (QED) is 0.727. The summed E-state index contributed by atoms with van der Waals surface area (Å²) < 4.78 is 4.64. The third-order valence-corrected chi connectivity index (χ3v) is 3.23. The van der Waals surface area contributed by atoms with Crippen molar-refractivity contribution >= 4 is 5.97 Å². The van der Waals surface area contributed by atoms with Gasteiger partial charge in [-0.2, -0.15) is 0 Å². The van der Waals surface area contributed by atoms with Crippen molar-refractivity contribution in [3.63, 3.8) is 0 Å². The van der Waals surface area contributed by atoms with Crippen LogP contribution >= 0.6 is 0 Å². The monoisotopic (exact) mass is 250 g/mol. The Bertz CT molecular complexity index is 376. The van der Waals surface area contributed by atoms with Crippen LogP contribution in [-0.2, 0) is 11.3 Å². The van der Waals surface area contributed by atoms with E-state index >= 15 is 0 Å². The molecule has 0 fully saturated rings. The molecular formula is C14H22N2O2. The minimum absolute atomic E-state index is 0.344. The standard InChI is InChI=1S/C14H22N2O2/c1-5-11(3)16(6-2)10-13-8-7-12(9-15-13)14(17)18-4/h7-9,11H,5-6,10H2,1-4H3. The molecule has 0 aromatic carbocycles. The minimum Gasteiger partial charge on any atom is -0.465 e. The van der Waals surface area contributed by atoms with Gasteiger partial charge in [-0.1, -0.05) is 13.8 Å². The first kappa shape index (κ1) is 14.6. The van der Waals surface area contributed by atoms with Crippen LogP contribution in [0.25, 0.3) is 0 Å². The number of ether oxygens (including phenoxy) is 1. The van der Waals surface area contributed by atoms with E-state index in [0.717, 1.165) is 25.2 Å². The average molecular weight is 250 g/mol. The van der Waals surface area contributed by atoms with Gasteiger partial charge >= 0.3 is 5.97 Å². The van der Waals surface area contributed by atoms with Crippen LogP contribution in [0.1, 0.15) is 43.2 Å². The van der Waals surface area contributed by atoms with Crippen LogP contribution in [0.4, 0.5) is 0 Å². The van der Waals surface area contributed by atoms with Crippen molar-refractivity contribution in [2.24, 2.45) is 0 Å². The van der Waals surface area contributed by atoms with E-state index in [1.54, 1.807) is 12.3 Å². The number of esters is 1. The first-order valence-corrected chi connectivity index (χ1v) is 6.39. The fraction of sp³-hybridized carbons (Fsp3) is 0.571. The minimum atomic E-state index is -0.344. The maximum Gasteiger partial charge on any atom is 0.339 e. The van der Waals surface area contributed by atoms with E-state index in [1.807, 2.05) is 6.07 Å². The zero-order chi connectivity index (χ0) is 13.5. The Morgan fingerprint density at radius 3 is 2.61 bits per heavy atom. The zero-order valence-corrected chi connectivity index (χ0v) is 11.6. The third kappa shape index (κ3) is 3.81. The van der Waals surface area contributed by atoms with E-state index in [1.165, 1.54) is 7.11 Å². The van der Waals surface area contributed by atoms with E-state index in [4.69, 9.17) is 0 Å². The molecule has 0 aliphatic heterocycles. The van der Waals surface area contributed by atoms with Crippen molar-refractivity contribution in [3.05, 3.63) is 29.6 Å². The molecule has 0 spiro atoms. The van der Waals surface area contributed by atoms with Crippen LogP contribution in [0.5, 0.6) is 0 Å². The summed E-state index contributed by atoms with van der Waals surface area (Å²) in [6.45, 7) is 8.35. The van der Waals surface area contributed by atoms with Gasteiger partial charge in [0.2, 0.25) is 0 Å². The normalized spacial score (nSPS) is 12.5. The van der Waals surface area contributed by atoms with E-state index in [-0.39, 0.29) is 5.97 Å². The predicted molar refractivity (Wildman–Crippen MR) is 71.4 cm³/mol. The second kappa shape index (κ2) is 7.11. The summed E-state index contributed by atoms with van der Waals surface area (Å²) in [5.74, 6) is -0.344. The fourth-order valence-electron chi connectivity index (χ4n) is 1.80. The zero-order valence-electron chi connectivity index (χ0n) is 11.6. The molecule has 1 heterocycles. The van der Waals surface area contributed by atoms with Gasteiger partial charge in [0.1, 0.15) is 0 Å². The van der Waals surface area contributed by atoms with Crippen molar-refractivity contribution in [1.29, 1.82) is 0 Å². The van der Waals surface area contributed by atoms with Gasteiger partial charge in [0.25, 0.3) is 0 Å². The number of hydrogen-bond donors (Lipinski definition) is 0. The molecule has 0 N–H and O–H groups in total. The smallest absolute Gasteiger partial charge is 0.339 e. The molecule has 0 radical (unpaired) electrons. The first-order valence-electron chi connectivity index (χ1n) is 6.39. The first-order chi connectivity index (χ1) is 8.62. The molecule has 100 valence electrons. The molecule has 4 nitrogen and oxygen atoms in total. The van der Waals surface area contributed by atoms with Crippen LogP contribution in [0.15, 0.2) is 18.3 Å². The highest BCUT2D eigenvalue weighted by Crippen LogP contribution is 2.09. The Morgan fingerprint density at radius 1 is 1.44 bits per heavy atom. The number of nitrogens with zero attached hydrogens (tertiary/aromatic N) is 2. The largest absolute Gasteiger partial charge is 0.465 e. The highest BCUT2D eigenvalue weighted by Gasteiger charge is 2.12.